The quantitative estimate of drug-likeness (QED) is 0.429. The fourth-order valence-electron chi connectivity index (χ4n) is 4.04. The lowest BCUT2D eigenvalue weighted by Crippen LogP contribution is -2.41. The molecular formula is C21H26N6O3S2. The van der Waals surface area contributed by atoms with Gasteiger partial charge in [0, 0.05) is 26.0 Å². The van der Waals surface area contributed by atoms with Gasteiger partial charge >= 0.3 is 5.69 Å². The maximum Gasteiger partial charge on any atom is 0.332 e. The molecule has 1 atom stereocenters. The zero-order chi connectivity index (χ0) is 23.2. The van der Waals surface area contributed by atoms with Gasteiger partial charge in [-0.15, -0.1) is 21.5 Å². The molecule has 2 N–H and O–H groups in total. The number of hydrogen-bond acceptors (Lipinski definition) is 8. The van der Waals surface area contributed by atoms with E-state index in [9.17, 15) is 14.4 Å². The highest BCUT2D eigenvalue weighted by Crippen LogP contribution is 2.38. The first-order valence-electron chi connectivity index (χ1n) is 10.5. The lowest BCUT2D eigenvalue weighted by atomic mass is 9.87. The number of carbonyl (C=O) groups is 1. The maximum atomic E-state index is 12.8. The second-order valence-electron chi connectivity index (χ2n) is 8.12. The molecule has 1 aliphatic rings. The Morgan fingerprint density at radius 1 is 1.22 bits per heavy atom. The summed E-state index contributed by atoms with van der Waals surface area (Å²) >= 11 is 2.96. The van der Waals surface area contributed by atoms with Crippen molar-refractivity contribution in [3.63, 3.8) is 0 Å². The number of carbonyl (C=O) groups excluding carboxylic acids is 1. The SMILES string of the molecule is CCC1CCc2sc(-c3nnc(SCC(=O)c4c(N)n(C)c(=O)n(C)c4=O)n3C)cc2C1. The van der Waals surface area contributed by atoms with Gasteiger partial charge < -0.3 is 10.3 Å². The first-order chi connectivity index (χ1) is 15.2. The van der Waals surface area contributed by atoms with E-state index in [2.05, 4.69) is 23.2 Å². The molecule has 3 aromatic rings. The van der Waals surface area contributed by atoms with Crippen LogP contribution in [-0.2, 0) is 34.0 Å². The Kier molecular flexibility index (Phi) is 6.13. The second-order valence-corrected chi connectivity index (χ2v) is 10.2. The van der Waals surface area contributed by atoms with Crippen molar-refractivity contribution in [2.24, 2.45) is 27.1 Å². The van der Waals surface area contributed by atoms with Crippen molar-refractivity contribution in [2.75, 3.05) is 11.5 Å². The van der Waals surface area contributed by atoms with Crippen LogP contribution in [-0.4, -0.2) is 35.4 Å². The molecule has 3 heterocycles. The van der Waals surface area contributed by atoms with Gasteiger partial charge in [-0.2, -0.15) is 0 Å². The van der Waals surface area contributed by atoms with Crippen molar-refractivity contribution < 1.29 is 4.79 Å². The third-order valence-electron chi connectivity index (χ3n) is 6.14. The fraction of sp³-hybridized carbons (Fsp3) is 0.476. The van der Waals surface area contributed by atoms with Crippen LogP contribution in [0.4, 0.5) is 5.82 Å². The summed E-state index contributed by atoms with van der Waals surface area (Å²) in [5, 5.41) is 9.17. The molecule has 0 saturated heterocycles. The molecule has 0 bridgehead atoms. The van der Waals surface area contributed by atoms with E-state index in [0.29, 0.717) is 5.16 Å². The predicted octanol–water partition coefficient (Wildman–Crippen LogP) is 2.01. The summed E-state index contributed by atoms with van der Waals surface area (Å²) in [6.45, 7) is 2.24. The summed E-state index contributed by atoms with van der Waals surface area (Å²) in [6.07, 6.45) is 4.67. The van der Waals surface area contributed by atoms with Crippen LogP contribution < -0.4 is 17.0 Å². The van der Waals surface area contributed by atoms with E-state index in [0.717, 1.165) is 38.6 Å². The van der Waals surface area contributed by atoms with Crippen molar-refractivity contribution in [1.29, 1.82) is 0 Å². The molecule has 3 aromatic heterocycles. The van der Waals surface area contributed by atoms with Crippen LogP contribution in [0.3, 0.4) is 0 Å². The van der Waals surface area contributed by atoms with E-state index in [1.807, 2.05) is 11.6 Å². The number of ketones is 1. The van der Waals surface area contributed by atoms with Gasteiger partial charge in [0.15, 0.2) is 16.8 Å². The third kappa shape index (κ3) is 3.83. The summed E-state index contributed by atoms with van der Waals surface area (Å²) in [4.78, 5) is 39.7. The number of hydrogen-bond donors (Lipinski definition) is 1. The highest BCUT2D eigenvalue weighted by atomic mass is 32.2. The van der Waals surface area contributed by atoms with Crippen molar-refractivity contribution in [1.82, 2.24) is 23.9 Å². The van der Waals surface area contributed by atoms with Crippen molar-refractivity contribution in [2.45, 2.75) is 37.8 Å². The molecule has 0 fully saturated rings. The summed E-state index contributed by atoms with van der Waals surface area (Å²) in [7, 11) is 4.63. The van der Waals surface area contributed by atoms with Gasteiger partial charge in [0.1, 0.15) is 11.4 Å². The zero-order valence-electron chi connectivity index (χ0n) is 18.5. The predicted molar refractivity (Wildman–Crippen MR) is 127 cm³/mol. The number of thioether (sulfide) groups is 1. The Labute approximate surface area is 193 Å². The van der Waals surface area contributed by atoms with Gasteiger partial charge in [-0.05, 0) is 36.8 Å². The standard InChI is InChI=1S/C21H26N6O3S2/c1-5-11-6-7-14-12(8-11)9-15(32-14)18-23-24-20(26(18)3)31-10-13(28)16-17(22)25(2)21(30)27(4)19(16)29/h9,11H,5-8,10,22H2,1-4H3. The minimum absolute atomic E-state index is 0.0390. The number of nitrogen functional groups attached to an aromatic ring is 1. The van der Waals surface area contributed by atoms with E-state index in [4.69, 9.17) is 5.73 Å². The number of nitrogens with two attached hydrogens (primary N) is 1. The summed E-state index contributed by atoms with van der Waals surface area (Å²) in [5.74, 6) is 0.898. The summed E-state index contributed by atoms with van der Waals surface area (Å²) in [6, 6.07) is 2.22. The Balaban J connectivity index is 1.54. The molecule has 0 saturated carbocycles. The molecule has 9 nitrogen and oxygen atoms in total. The summed E-state index contributed by atoms with van der Waals surface area (Å²) in [5.41, 5.74) is 5.86. The molecule has 0 radical (unpaired) electrons. The lowest BCUT2D eigenvalue weighted by molar-refractivity contribution is 0.102. The van der Waals surface area contributed by atoms with Crippen LogP contribution >= 0.6 is 23.1 Å². The average Bonchev–Trinajstić information content (AvgIpc) is 3.37. The third-order valence-corrected chi connectivity index (χ3v) is 8.39. The van der Waals surface area contributed by atoms with Gasteiger partial charge in [0.25, 0.3) is 5.56 Å². The Morgan fingerprint density at radius 3 is 2.69 bits per heavy atom. The Hall–Kier alpha value is -2.66. The molecule has 1 aliphatic carbocycles. The Bertz CT molecular complexity index is 1320. The second kappa shape index (κ2) is 8.70. The zero-order valence-corrected chi connectivity index (χ0v) is 20.2. The maximum absolute atomic E-state index is 12.8. The van der Waals surface area contributed by atoms with Gasteiger partial charge in [-0.25, -0.2) is 4.79 Å². The van der Waals surface area contributed by atoms with E-state index >= 15 is 0 Å². The monoisotopic (exact) mass is 474 g/mol. The largest absolute Gasteiger partial charge is 0.384 e. The number of thiophene rings is 1. The Morgan fingerprint density at radius 2 is 1.97 bits per heavy atom. The highest BCUT2D eigenvalue weighted by molar-refractivity contribution is 7.99. The molecule has 0 spiro atoms. The topological polar surface area (TPSA) is 118 Å². The smallest absolute Gasteiger partial charge is 0.332 e. The van der Waals surface area contributed by atoms with Crippen LogP contribution in [0.25, 0.3) is 10.7 Å². The number of rotatable bonds is 6. The van der Waals surface area contributed by atoms with Crippen LogP contribution in [0.5, 0.6) is 0 Å². The first-order valence-corrected chi connectivity index (χ1v) is 12.3. The molecule has 0 amide bonds. The molecule has 11 heteroatoms. The number of Topliss-reactive ketones (excluding diaryl/α,β-unsaturated/α-hetero) is 1. The van der Waals surface area contributed by atoms with E-state index in [1.54, 1.807) is 11.3 Å². The number of anilines is 1. The van der Waals surface area contributed by atoms with Gasteiger partial charge in [-0.1, -0.05) is 25.1 Å². The van der Waals surface area contributed by atoms with Crippen LogP contribution in [0.15, 0.2) is 20.8 Å². The fourth-order valence-corrected chi connectivity index (χ4v) is 6.05. The molecular weight excluding hydrogens is 448 g/mol. The van der Waals surface area contributed by atoms with Crippen molar-refractivity contribution >= 4 is 34.7 Å². The van der Waals surface area contributed by atoms with Gasteiger partial charge in [0.05, 0.1) is 10.6 Å². The van der Waals surface area contributed by atoms with Crippen LogP contribution in [0.1, 0.15) is 40.6 Å². The van der Waals surface area contributed by atoms with E-state index < -0.39 is 17.0 Å². The number of aryl methyl sites for hydroxylation is 1. The van der Waals surface area contributed by atoms with Crippen molar-refractivity contribution in [3.8, 4) is 10.7 Å². The van der Waals surface area contributed by atoms with Crippen LogP contribution in [0, 0.1) is 5.92 Å². The minimum Gasteiger partial charge on any atom is -0.384 e. The van der Waals surface area contributed by atoms with Crippen LogP contribution in [0.2, 0.25) is 0 Å². The number of aromatic nitrogens is 5. The van der Waals surface area contributed by atoms with Gasteiger partial charge in [0.2, 0.25) is 0 Å². The molecule has 4 rings (SSSR count). The summed E-state index contributed by atoms with van der Waals surface area (Å²) < 4.78 is 3.85. The average molecular weight is 475 g/mol. The first kappa shape index (κ1) is 22.5. The molecule has 32 heavy (non-hydrogen) atoms. The lowest BCUT2D eigenvalue weighted by Gasteiger charge is -2.19. The van der Waals surface area contributed by atoms with Crippen molar-refractivity contribution in [3.05, 3.63) is 42.9 Å². The van der Waals surface area contributed by atoms with E-state index in [-0.39, 0.29) is 17.1 Å². The van der Waals surface area contributed by atoms with E-state index in [1.165, 1.54) is 49.1 Å². The van der Waals surface area contributed by atoms with Gasteiger partial charge in [-0.3, -0.25) is 18.7 Å². The number of fused-ring (bicyclic) bond motifs is 1. The molecule has 0 aliphatic heterocycles. The normalized spacial score (nSPS) is 15.7. The number of nitrogens with zero attached hydrogens (tertiary/aromatic N) is 5. The highest BCUT2D eigenvalue weighted by Gasteiger charge is 2.24. The molecule has 1 unspecified atom stereocenters. The molecule has 0 aromatic carbocycles. The molecule has 170 valence electrons. The minimum atomic E-state index is -0.690.